The Balaban J connectivity index is 1.98. The van der Waals surface area contributed by atoms with Crippen LogP contribution in [0.15, 0.2) is 24.3 Å². The van der Waals surface area contributed by atoms with Gasteiger partial charge in [-0.05, 0) is 25.0 Å². The first-order chi connectivity index (χ1) is 9.72. The average Bonchev–Trinajstić information content (AvgIpc) is 2.50. The van der Waals surface area contributed by atoms with Crippen molar-refractivity contribution in [3.05, 3.63) is 24.3 Å². The summed E-state index contributed by atoms with van der Waals surface area (Å²) in [6.45, 7) is 0.347. The van der Waals surface area contributed by atoms with E-state index in [4.69, 9.17) is 9.47 Å². The Kier molecular flexibility index (Phi) is 4.62. The molecule has 20 heavy (non-hydrogen) atoms. The Morgan fingerprint density at radius 1 is 1.30 bits per heavy atom. The van der Waals surface area contributed by atoms with Crippen molar-refractivity contribution in [1.82, 2.24) is 0 Å². The smallest absolute Gasteiger partial charge is 0.161 e. The molecule has 0 aromatic heterocycles. The number of rotatable bonds is 5. The molecule has 0 bridgehead atoms. The van der Waals surface area contributed by atoms with Crippen LogP contribution in [-0.2, 0) is 4.79 Å². The Morgan fingerprint density at radius 2 is 2.05 bits per heavy atom. The molecule has 0 radical (unpaired) electrons. The first-order valence-corrected chi connectivity index (χ1v) is 6.92. The molecular weight excluding hydrogens is 254 g/mol. The molecule has 1 aliphatic carbocycles. The maximum absolute atomic E-state index is 12.0. The minimum Gasteiger partial charge on any atom is -0.493 e. The highest BCUT2D eigenvalue weighted by atomic mass is 16.5. The van der Waals surface area contributed by atoms with Gasteiger partial charge in [0.15, 0.2) is 17.3 Å². The number of ketones is 1. The maximum Gasteiger partial charge on any atom is 0.161 e. The lowest BCUT2D eigenvalue weighted by Crippen LogP contribution is -2.34. The van der Waals surface area contributed by atoms with Crippen molar-refractivity contribution < 1.29 is 14.3 Å². The number of carbonyl (C=O) groups excluding carboxylic acids is 1. The summed E-state index contributed by atoms with van der Waals surface area (Å²) >= 11 is 0. The Morgan fingerprint density at radius 3 is 2.70 bits per heavy atom. The summed E-state index contributed by atoms with van der Waals surface area (Å²) in [7, 11) is 1.59. The monoisotopic (exact) mass is 273 g/mol. The molecule has 1 saturated carbocycles. The van der Waals surface area contributed by atoms with E-state index in [9.17, 15) is 10.1 Å². The van der Waals surface area contributed by atoms with E-state index in [2.05, 4.69) is 6.07 Å². The van der Waals surface area contributed by atoms with Gasteiger partial charge in [-0.1, -0.05) is 18.6 Å². The molecule has 106 valence electrons. The van der Waals surface area contributed by atoms with E-state index in [1.165, 1.54) is 0 Å². The number of methoxy groups -OCH3 is 1. The van der Waals surface area contributed by atoms with Crippen LogP contribution in [0.4, 0.5) is 0 Å². The van der Waals surface area contributed by atoms with Crippen LogP contribution >= 0.6 is 0 Å². The Hall–Kier alpha value is -2.02. The quantitative estimate of drug-likeness (QED) is 0.827. The first-order valence-electron chi connectivity index (χ1n) is 6.92. The molecule has 0 aliphatic heterocycles. The molecule has 1 aromatic rings. The van der Waals surface area contributed by atoms with Crippen molar-refractivity contribution in [2.75, 3.05) is 13.7 Å². The number of carbonyl (C=O) groups is 1. The molecule has 0 N–H and O–H groups in total. The maximum atomic E-state index is 12.0. The molecule has 1 atom stereocenters. The molecule has 4 nitrogen and oxygen atoms in total. The zero-order chi connectivity index (χ0) is 14.4. The zero-order valence-electron chi connectivity index (χ0n) is 11.7. The molecule has 2 rings (SSSR count). The van der Waals surface area contributed by atoms with E-state index in [1.54, 1.807) is 7.11 Å². The molecule has 0 amide bonds. The summed E-state index contributed by atoms with van der Waals surface area (Å²) in [5.41, 5.74) is -0.847. The van der Waals surface area contributed by atoms with Crippen LogP contribution in [0.2, 0.25) is 0 Å². The summed E-state index contributed by atoms with van der Waals surface area (Å²) in [4.78, 5) is 12.0. The summed E-state index contributed by atoms with van der Waals surface area (Å²) in [6.07, 6.45) is 3.45. The normalized spacial score (nSPS) is 22.1. The van der Waals surface area contributed by atoms with Crippen LogP contribution in [0.5, 0.6) is 11.5 Å². The van der Waals surface area contributed by atoms with Crippen molar-refractivity contribution in [1.29, 1.82) is 5.26 Å². The zero-order valence-corrected chi connectivity index (χ0v) is 11.7. The van der Waals surface area contributed by atoms with Gasteiger partial charge in [-0.15, -0.1) is 0 Å². The summed E-state index contributed by atoms with van der Waals surface area (Å²) in [6, 6.07) is 9.59. The number of hydrogen-bond acceptors (Lipinski definition) is 4. The van der Waals surface area contributed by atoms with Gasteiger partial charge >= 0.3 is 0 Å². The largest absolute Gasteiger partial charge is 0.493 e. The van der Waals surface area contributed by atoms with E-state index in [0.29, 0.717) is 37.4 Å². The Bertz CT molecular complexity index is 521. The van der Waals surface area contributed by atoms with Gasteiger partial charge in [0.1, 0.15) is 5.41 Å². The summed E-state index contributed by atoms with van der Waals surface area (Å²) in [5, 5.41) is 9.36. The van der Waals surface area contributed by atoms with Crippen LogP contribution < -0.4 is 9.47 Å². The standard InChI is InChI=1S/C16H19NO3/c1-19-13-6-2-3-7-14(13)20-11-10-16(12-17)9-5-4-8-15(16)18/h2-3,6-7H,4-5,8-11H2,1H3. The predicted molar refractivity (Wildman–Crippen MR) is 74.6 cm³/mol. The van der Waals surface area contributed by atoms with Crippen LogP contribution in [-0.4, -0.2) is 19.5 Å². The lowest BCUT2D eigenvalue weighted by molar-refractivity contribution is -0.128. The topological polar surface area (TPSA) is 59.3 Å². The van der Waals surface area contributed by atoms with Gasteiger partial charge in [0.2, 0.25) is 0 Å². The summed E-state index contributed by atoms with van der Waals surface area (Å²) in [5.74, 6) is 1.37. The van der Waals surface area contributed by atoms with Gasteiger partial charge in [-0.25, -0.2) is 0 Å². The number of ether oxygens (including phenoxy) is 2. The van der Waals surface area contributed by atoms with Crippen molar-refractivity contribution in [3.63, 3.8) is 0 Å². The fourth-order valence-corrected chi connectivity index (χ4v) is 2.60. The van der Waals surface area contributed by atoms with Gasteiger partial charge < -0.3 is 9.47 Å². The number of hydrogen-bond donors (Lipinski definition) is 0. The van der Waals surface area contributed by atoms with Crippen molar-refractivity contribution in [2.45, 2.75) is 32.1 Å². The second kappa shape index (κ2) is 6.42. The lowest BCUT2D eigenvalue weighted by Gasteiger charge is -2.28. The van der Waals surface area contributed by atoms with E-state index >= 15 is 0 Å². The van der Waals surface area contributed by atoms with Crippen molar-refractivity contribution >= 4 is 5.78 Å². The molecule has 1 fully saturated rings. The fraction of sp³-hybridized carbons (Fsp3) is 0.500. The highest BCUT2D eigenvalue weighted by molar-refractivity contribution is 5.88. The number of nitriles is 1. The number of benzene rings is 1. The molecule has 0 spiro atoms. The van der Waals surface area contributed by atoms with E-state index < -0.39 is 5.41 Å². The molecule has 1 aliphatic rings. The van der Waals surface area contributed by atoms with Crippen LogP contribution in [0.25, 0.3) is 0 Å². The first kappa shape index (κ1) is 14.4. The predicted octanol–water partition coefficient (Wildman–Crippen LogP) is 3.12. The average molecular weight is 273 g/mol. The highest BCUT2D eigenvalue weighted by Crippen LogP contribution is 2.36. The van der Waals surface area contributed by atoms with E-state index in [-0.39, 0.29) is 5.78 Å². The molecule has 1 aromatic carbocycles. The van der Waals surface area contributed by atoms with Crippen LogP contribution in [0, 0.1) is 16.7 Å². The molecule has 4 heteroatoms. The highest BCUT2D eigenvalue weighted by Gasteiger charge is 2.39. The van der Waals surface area contributed by atoms with Crippen LogP contribution in [0.3, 0.4) is 0 Å². The number of nitrogens with zero attached hydrogens (tertiary/aromatic N) is 1. The number of para-hydroxylation sites is 2. The second-order valence-corrected chi connectivity index (χ2v) is 5.07. The third kappa shape index (κ3) is 2.93. The van der Waals surface area contributed by atoms with Gasteiger partial charge in [-0.3, -0.25) is 4.79 Å². The Labute approximate surface area is 119 Å². The lowest BCUT2D eigenvalue weighted by atomic mass is 9.72. The SMILES string of the molecule is COc1ccccc1OCCC1(C#N)CCCCC1=O. The van der Waals surface area contributed by atoms with Gasteiger partial charge in [0.05, 0.1) is 19.8 Å². The number of Topliss-reactive ketones (excluding diaryl/α,β-unsaturated/α-hetero) is 1. The molecular formula is C16H19NO3. The van der Waals surface area contributed by atoms with E-state index in [0.717, 1.165) is 12.8 Å². The summed E-state index contributed by atoms with van der Waals surface area (Å²) < 4.78 is 10.9. The minimum atomic E-state index is -0.847. The van der Waals surface area contributed by atoms with Crippen molar-refractivity contribution in [2.24, 2.45) is 5.41 Å². The second-order valence-electron chi connectivity index (χ2n) is 5.07. The minimum absolute atomic E-state index is 0.0647. The van der Waals surface area contributed by atoms with E-state index in [1.807, 2.05) is 24.3 Å². The third-order valence-electron chi connectivity index (χ3n) is 3.86. The van der Waals surface area contributed by atoms with Crippen LogP contribution in [0.1, 0.15) is 32.1 Å². The molecule has 0 saturated heterocycles. The third-order valence-corrected chi connectivity index (χ3v) is 3.86. The van der Waals surface area contributed by atoms with Gasteiger partial charge in [-0.2, -0.15) is 5.26 Å². The van der Waals surface area contributed by atoms with Gasteiger partial charge in [0, 0.05) is 12.8 Å². The van der Waals surface area contributed by atoms with Gasteiger partial charge in [0.25, 0.3) is 0 Å². The molecule has 1 unspecified atom stereocenters. The molecule has 0 heterocycles. The van der Waals surface area contributed by atoms with Crippen molar-refractivity contribution in [3.8, 4) is 17.6 Å². The fourth-order valence-electron chi connectivity index (χ4n) is 2.60.